The van der Waals surface area contributed by atoms with E-state index >= 15 is 0 Å². The van der Waals surface area contributed by atoms with Gasteiger partial charge in [-0.05, 0) is 63.2 Å². The van der Waals surface area contributed by atoms with Gasteiger partial charge in [0, 0.05) is 9.75 Å². The number of halogens is 2. The molecule has 2 saturated carbocycles. The predicted octanol–water partition coefficient (Wildman–Crippen LogP) is 5.61. The van der Waals surface area contributed by atoms with Crippen molar-refractivity contribution in [2.75, 3.05) is 0 Å². The van der Waals surface area contributed by atoms with Gasteiger partial charge in [0.15, 0.2) is 0 Å². The predicted molar refractivity (Wildman–Crippen MR) is 77.0 cm³/mol. The minimum Gasteiger partial charge on any atom is -0.120 e. The summed E-state index contributed by atoms with van der Waals surface area (Å²) in [4.78, 5) is -0.0123. The van der Waals surface area contributed by atoms with Crippen molar-refractivity contribution < 1.29 is 0 Å². The van der Waals surface area contributed by atoms with E-state index in [4.69, 9.17) is 23.2 Å². The van der Waals surface area contributed by atoms with Gasteiger partial charge in [0.25, 0.3) is 0 Å². The van der Waals surface area contributed by atoms with E-state index in [1.54, 1.807) is 0 Å². The van der Waals surface area contributed by atoms with Gasteiger partial charge in [-0.25, -0.2) is 0 Å². The summed E-state index contributed by atoms with van der Waals surface area (Å²) in [7, 11) is 0. The summed E-state index contributed by atoms with van der Waals surface area (Å²) in [6.45, 7) is 9.30. The standard InChI is InChI=1S/C15H26Cl2/c1-13(2)7-5-8-15(4,17)11-6-9-14(3,16)10-12(11)13/h11-12H,5-10H2,1-4H3. The van der Waals surface area contributed by atoms with Crippen LogP contribution in [0.4, 0.5) is 0 Å². The maximum absolute atomic E-state index is 6.83. The smallest absolute Gasteiger partial charge is 0.0449 e. The molecule has 2 fully saturated rings. The Bertz CT molecular complexity index is 291. The summed E-state index contributed by atoms with van der Waals surface area (Å²) in [6, 6.07) is 0. The molecule has 0 aromatic rings. The molecule has 0 amide bonds. The van der Waals surface area contributed by atoms with Crippen LogP contribution in [0.3, 0.4) is 0 Å². The third kappa shape index (κ3) is 2.78. The van der Waals surface area contributed by atoms with E-state index in [1.807, 2.05) is 0 Å². The van der Waals surface area contributed by atoms with Crippen molar-refractivity contribution in [1.82, 2.24) is 0 Å². The van der Waals surface area contributed by atoms with Crippen molar-refractivity contribution in [2.24, 2.45) is 17.3 Å². The molecular weight excluding hydrogens is 251 g/mol. The van der Waals surface area contributed by atoms with Crippen LogP contribution < -0.4 is 0 Å². The van der Waals surface area contributed by atoms with Crippen LogP contribution in [0.2, 0.25) is 0 Å². The fourth-order valence-electron chi connectivity index (χ4n) is 4.16. The average Bonchev–Trinajstić information content (AvgIpc) is 2.21. The number of fused-ring (bicyclic) bond motifs is 1. The Labute approximate surface area is 116 Å². The lowest BCUT2D eigenvalue weighted by atomic mass is 9.60. The first-order chi connectivity index (χ1) is 7.64. The quantitative estimate of drug-likeness (QED) is 0.505. The zero-order chi connectivity index (χ0) is 12.9. The number of hydrogen-bond acceptors (Lipinski definition) is 0. The lowest BCUT2D eigenvalue weighted by Gasteiger charge is -2.49. The summed E-state index contributed by atoms with van der Waals surface area (Å²) in [5.74, 6) is 1.33. The highest BCUT2D eigenvalue weighted by molar-refractivity contribution is 6.24. The van der Waals surface area contributed by atoms with E-state index in [1.165, 1.54) is 19.3 Å². The van der Waals surface area contributed by atoms with Crippen LogP contribution in [0.15, 0.2) is 0 Å². The fourth-order valence-corrected chi connectivity index (χ4v) is 4.83. The molecule has 0 nitrogen and oxygen atoms in total. The molecule has 17 heavy (non-hydrogen) atoms. The van der Waals surface area contributed by atoms with Crippen LogP contribution in [0.25, 0.3) is 0 Å². The zero-order valence-electron chi connectivity index (χ0n) is 11.7. The highest BCUT2D eigenvalue weighted by Gasteiger charge is 2.51. The Balaban J connectivity index is 2.31. The van der Waals surface area contributed by atoms with Crippen LogP contribution in [-0.2, 0) is 0 Å². The maximum Gasteiger partial charge on any atom is 0.0449 e. The van der Waals surface area contributed by atoms with Crippen LogP contribution in [0.5, 0.6) is 0 Å². The highest BCUT2D eigenvalue weighted by Crippen LogP contribution is 2.57. The maximum atomic E-state index is 6.83. The van der Waals surface area contributed by atoms with Crippen LogP contribution in [0.1, 0.15) is 66.2 Å². The van der Waals surface area contributed by atoms with Gasteiger partial charge in [-0.1, -0.05) is 20.3 Å². The molecule has 4 atom stereocenters. The van der Waals surface area contributed by atoms with Gasteiger partial charge in [0.05, 0.1) is 0 Å². The molecule has 2 heteroatoms. The molecule has 2 rings (SSSR count). The lowest BCUT2D eigenvalue weighted by Crippen LogP contribution is -2.45. The molecular formula is C15H26Cl2. The van der Waals surface area contributed by atoms with E-state index in [0.717, 1.165) is 19.3 Å². The molecule has 0 spiro atoms. The van der Waals surface area contributed by atoms with E-state index in [-0.39, 0.29) is 9.75 Å². The van der Waals surface area contributed by atoms with E-state index in [2.05, 4.69) is 27.7 Å². The van der Waals surface area contributed by atoms with Gasteiger partial charge in [-0.15, -0.1) is 23.2 Å². The fraction of sp³-hybridized carbons (Fsp3) is 1.00. The third-order valence-corrected chi connectivity index (χ3v) is 6.18. The topological polar surface area (TPSA) is 0 Å². The molecule has 100 valence electrons. The van der Waals surface area contributed by atoms with Gasteiger partial charge in [0.2, 0.25) is 0 Å². The Hall–Kier alpha value is 0.580. The molecule has 0 aromatic carbocycles. The molecule has 0 bridgehead atoms. The van der Waals surface area contributed by atoms with Crippen molar-refractivity contribution in [2.45, 2.75) is 76.0 Å². The first-order valence-electron chi connectivity index (χ1n) is 7.02. The van der Waals surface area contributed by atoms with Crippen molar-refractivity contribution in [3.63, 3.8) is 0 Å². The van der Waals surface area contributed by atoms with Gasteiger partial charge in [-0.3, -0.25) is 0 Å². The number of alkyl halides is 2. The summed E-state index contributed by atoms with van der Waals surface area (Å²) >= 11 is 13.4. The first-order valence-corrected chi connectivity index (χ1v) is 7.78. The summed E-state index contributed by atoms with van der Waals surface area (Å²) in [6.07, 6.45) is 7.18. The zero-order valence-corrected chi connectivity index (χ0v) is 13.2. The second-order valence-corrected chi connectivity index (χ2v) is 9.27. The lowest BCUT2D eigenvalue weighted by molar-refractivity contribution is 0.0658. The molecule has 0 heterocycles. The summed E-state index contributed by atoms with van der Waals surface area (Å²) < 4.78 is 0. The Morgan fingerprint density at radius 1 is 0.882 bits per heavy atom. The second kappa shape index (κ2) is 4.30. The molecule has 2 aliphatic carbocycles. The van der Waals surface area contributed by atoms with Crippen molar-refractivity contribution in [3.05, 3.63) is 0 Å². The molecule has 0 radical (unpaired) electrons. The van der Waals surface area contributed by atoms with E-state index in [9.17, 15) is 0 Å². The van der Waals surface area contributed by atoms with E-state index in [0.29, 0.717) is 17.3 Å². The molecule has 4 unspecified atom stereocenters. The average molecular weight is 277 g/mol. The monoisotopic (exact) mass is 276 g/mol. The van der Waals surface area contributed by atoms with Crippen LogP contribution >= 0.6 is 23.2 Å². The van der Waals surface area contributed by atoms with Crippen LogP contribution in [-0.4, -0.2) is 9.75 Å². The van der Waals surface area contributed by atoms with Crippen molar-refractivity contribution in [1.29, 1.82) is 0 Å². The Kier molecular flexibility index (Phi) is 3.54. The van der Waals surface area contributed by atoms with Gasteiger partial charge in [-0.2, -0.15) is 0 Å². The number of hydrogen-bond donors (Lipinski definition) is 0. The third-order valence-electron chi connectivity index (χ3n) is 5.37. The molecule has 0 aromatic heterocycles. The largest absolute Gasteiger partial charge is 0.120 e. The van der Waals surface area contributed by atoms with E-state index < -0.39 is 0 Å². The second-order valence-electron chi connectivity index (χ2n) is 7.49. The molecule has 2 aliphatic rings. The van der Waals surface area contributed by atoms with Gasteiger partial charge >= 0.3 is 0 Å². The van der Waals surface area contributed by atoms with Gasteiger partial charge in [0.1, 0.15) is 0 Å². The molecule has 0 N–H and O–H groups in total. The van der Waals surface area contributed by atoms with Crippen molar-refractivity contribution in [3.8, 4) is 0 Å². The summed E-state index contributed by atoms with van der Waals surface area (Å²) in [5, 5.41) is 0. The van der Waals surface area contributed by atoms with Gasteiger partial charge < -0.3 is 0 Å². The minimum atomic E-state index is -0.00811. The first kappa shape index (κ1) is 14.0. The van der Waals surface area contributed by atoms with Crippen molar-refractivity contribution >= 4 is 23.2 Å². The molecule has 0 saturated heterocycles. The summed E-state index contributed by atoms with van der Waals surface area (Å²) in [5.41, 5.74) is 0.397. The van der Waals surface area contributed by atoms with Crippen LogP contribution in [0, 0.1) is 17.3 Å². The molecule has 0 aliphatic heterocycles. The number of rotatable bonds is 0. The SMILES string of the molecule is CC1(Cl)CCC2C(C1)C(C)(C)CCCC2(C)Cl. The Morgan fingerprint density at radius 3 is 2.18 bits per heavy atom. The highest BCUT2D eigenvalue weighted by atomic mass is 35.5. The normalized spacial score (nSPS) is 50.5. The minimum absolute atomic E-state index is 0.00422. The Morgan fingerprint density at radius 2 is 1.53 bits per heavy atom.